The molecule has 1 aliphatic heterocycles. The van der Waals surface area contributed by atoms with E-state index in [9.17, 15) is 4.79 Å². The first-order valence-electron chi connectivity index (χ1n) is 5.44. The third kappa shape index (κ3) is 3.32. The molecule has 1 aromatic carbocycles. The summed E-state index contributed by atoms with van der Waals surface area (Å²) in [5.41, 5.74) is 0.226. The summed E-state index contributed by atoms with van der Waals surface area (Å²) in [7, 11) is 0. The van der Waals surface area contributed by atoms with E-state index in [-0.39, 0.29) is 11.7 Å². The van der Waals surface area contributed by atoms with Crippen molar-refractivity contribution in [1.29, 1.82) is 0 Å². The second-order valence-corrected chi connectivity index (χ2v) is 3.93. The standard InChI is InChI=1S/C13H14O4/c1-9(13(14)15)12(7-11-8-16-11)17-10-5-3-2-4-6-10/h2-6,11H,7-8H2,1H3,(H,14,15). The molecule has 90 valence electrons. The van der Waals surface area contributed by atoms with Gasteiger partial charge in [0, 0.05) is 6.42 Å². The molecule has 0 radical (unpaired) electrons. The summed E-state index contributed by atoms with van der Waals surface area (Å²) in [4.78, 5) is 11.0. The number of aliphatic carboxylic acids is 1. The smallest absolute Gasteiger partial charge is 0.334 e. The van der Waals surface area contributed by atoms with Gasteiger partial charge in [0.2, 0.25) is 0 Å². The van der Waals surface area contributed by atoms with Crippen LogP contribution in [0.25, 0.3) is 0 Å². The zero-order valence-electron chi connectivity index (χ0n) is 9.55. The molecule has 1 unspecified atom stereocenters. The molecule has 1 saturated heterocycles. The lowest BCUT2D eigenvalue weighted by Gasteiger charge is -2.10. The van der Waals surface area contributed by atoms with Crippen molar-refractivity contribution in [2.75, 3.05) is 6.61 Å². The van der Waals surface area contributed by atoms with Crippen molar-refractivity contribution in [2.45, 2.75) is 19.4 Å². The van der Waals surface area contributed by atoms with Crippen LogP contribution in [-0.4, -0.2) is 23.8 Å². The van der Waals surface area contributed by atoms with E-state index in [0.717, 1.165) is 0 Å². The second-order valence-electron chi connectivity index (χ2n) is 3.93. The van der Waals surface area contributed by atoms with Crippen LogP contribution in [0.5, 0.6) is 5.75 Å². The van der Waals surface area contributed by atoms with Crippen LogP contribution in [0.3, 0.4) is 0 Å². The first-order valence-corrected chi connectivity index (χ1v) is 5.44. The van der Waals surface area contributed by atoms with Crippen LogP contribution in [0.2, 0.25) is 0 Å². The van der Waals surface area contributed by atoms with Crippen LogP contribution in [-0.2, 0) is 9.53 Å². The van der Waals surface area contributed by atoms with E-state index in [1.54, 1.807) is 19.1 Å². The molecule has 0 saturated carbocycles. The summed E-state index contributed by atoms with van der Waals surface area (Å²) in [6.45, 7) is 2.22. The van der Waals surface area contributed by atoms with Crippen molar-refractivity contribution >= 4 is 5.97 Å². The lowest BCUT2D eigenvalue weighted by Crippen LogP contribution is -2.08. The van der Waals surface area contributed by atoms with E-state index in [1.165, 1.54) is 0 Å². The van der Waals surface area contributed by atoms with E-state index in [2.05, 4.69) is 0 Å². The van der Waals surface area contributed by atoms with Crippen LogP contribution < -0.4 is 4.74 Å². The minimum atomic E-state index is -0.961. The van der Waals surface area contributed by atoms with Gasteiger partial charge in [0.25, 0.3) is 0 Å². The highest BCUT2D eigenvalue weighted by atomic mass is 16.6. The molecule has 17 heavy (non-hydrogen) atoms. The lowest BCUT2D eigenvalue weighted by molar-refractivity contribution is -0.132. The fraction of sp³-hybridized carbons (Fsp3) is 0.308. The Bertz CT molecular complexity index is 432. The maximum atomic E-state index is 11.0. The third-order valence-electron chi connectivity index (χ3n) is 2.54. The molecule has 0 aromatic heterocycles. The fourth-order valence-corrected chi connectivity index (χ4v) is 1.41. The summed E-state index contributed by atoms with van der Waals surface area (Å²) in [5, 5.41) is 8.99. The van der Waals surface area contributed by atoms with E-state index in [0.29, 0.717) is 24.5 Å². The number of epoxide rings is 1. The molecule has 2 rings (SSSR count). The molecule has 4 heteroatoms. The number of rotatable bonds is 5. The maximum Gasteiger partial charge on any atom is 0.334 e. The molecule has 1 fully saturated rings. The molecular formula is C13H14O4. The molecule has 1 N–H and O–H groups in total. The zero-order chi connectivity index (χ0) is 12.3. The number of carboxylic acids is 1. The number of hydrogen-bond donors (Lipinski definition) is 1. The molecule has 4 nitrogen and oxygen atoms in total. The van der Waals surface area contributed by atoms with Gasteiger partial charge in [-0.05, 0) is 19.1 Å². The Labute approximate surface area is 99.5 Å². The number of para-hydroxylation sites is 1. The van der Waals surface area contributed by atoms with Gasteiger partial charge >= 0.3 is 5.97 Å². The normalized spacial score (nSPS) is 19.5. The average Bonchev–Trinajstić information content (AvgIpc) is 3.12. The number of benzene rings is 1. The minimum Gasteiger partial charge on any atom is -0.478 e. The summed E-state index contributed by atoms with van der Waals surface area (Å²) in [6, 6.07) is 9.16. The Kier molecular flexibility index (Phi) is 3.44. The predicted octanol–water partition coefficient (Wildman–Crippen LogP) is 2.21. The second kappa shape index (κ2) is 5.01. The highest BCUT2D eigenvalue weighted by Crippen LogP contribution is 2.24. The molecule has 0 bridgehead atoms. The number of carboxylic acid groups (broad SMARTS) is 1. The van der Waals surface area contributed by atoms with Crippen LogP contribution in [0.4, 0.5) is 0 Å². The summed E-state index contributed by atoms with van der Waals surface area (Å²) in [5.74, 6) is 0.145. The predicted molar refractivity (Wildman–Crippen MR) is 61.8 cm³/mol. The van der Waals surface area contributed by atoms with Crippen molar-refractivity contribution < 1.29 is 19.4 Å². The largest absolute Gasteiger partial charge is 0.478 e. The van der Waals surface area contributed by atoms with E-state index in [4.69, 9.17) is 14.6 Å². The Balaban J connectivity index is 2.15. The van der Waals surface area contributed by atoms with Gasteiger partial charge < -0.3 is 14.6 Å². The molecule has 0 spiro atoms. The molecule has 1 aliphatic rings. The van der Waals surface area contributed by atoms with Gasteiger partial charge in [-0.15, -0.1) is 0 Å². The fourth-order valence-electron chi connectivity index (χ4n) is 1.41. The van der Waals surface area contributed by atoms with Gasteiger partial charge in [-0.3, -0.25) is 0 Å². The first kappa shape index (κ1) is 11.7. The van der Waals surface area contributed by atoms with Crippen LogP contribution >= 0.6 is 0 Å². The van der Waals surface area contributed by atoms with Crippen molar-refractivity contribution in [2.24, 2.45) is 0 Å². The molecule has 0 amide bonds. The van der Waals surface area contributed by atoms with Crippen LogP contribution in [0.1, 0.15) is 13.3 Å². The monoisotopic (exact) mass is 234 g/mol. The third-order valence-corrected chi connectivity index (χ3v) is 2.54. The molecule has 1 atom stereocenters. The molecule has 1 aromatic rings. The van der Waals surface area contributed by atoms with E-state index in [1.807, 2.05) is 18.2 Å². The van der Waals surface area contributed by atoms with Crippen molar-refractivity contribution in [3.05, 3.63) is 41.7 Å². The minimum absolute atomic E-state index is 0.100. The van der Waals surface area contributed by atoms with Crippen LogP contribution in [0, 0.1) is 0 Å². The molecular weight excluding hydrogens is 220 g/mol. The summed E-state index contributed by atoms with van der Waals surface area (Å²) >= 11 is 0. The van der Waals surface area contributed by atoms with Gasteiger partial charge in [-0.1, -0.05) is 18.2 Å². The van der Waals surface area contributed by atoms with Gasteiger partial charge in [0.1, 0.15) is 11.5 Å². The topological polar surface area (TPSA) is 59.1 Å². The zero-order valence-corrected chi connectivity index (χ0v) is 9.55. The number of hydrogen-bond acceptors (Lipinski definition) is 3. The Morgan fingerprint density at radius 1 is 1.47 bits per heavy atom. The van der Waals surface area contributed by atoms with Crippen molar-refractivity contribution in [3.63, 3.8) is 0 Å². The maximum absolute atomic E-state index is 11.0. The molecule has 0 aliphatic carbocycles. The highest BCUT2D eigenvalue weighted by molar-refractivity contribution is 5.86. The van der Waals surface area contributed by atoms with Crippen molar-refractivity contribution in [3.8, 4) is 5.75 Å². The Morgan fingerprint density at radius 3 is 2.65 bits per heavy atom. The quantitative estimate of drug-likeness (QED) is 0.482. The Hall–Kier alpha value is -1.81. The lowest BCUT2D eigenvalue weighted by atomic mass is 10.2. The highest BCUT2D eigenvalue weighted by Gasteiger charge is 2.27. The van der Waals surface area contributed by atoms with Gasteiger partial charge in [0.05, 0.1) is 18.3 Å². The number of ether oxygens (including phenoxy) is 2. The summed E-state index contributed by atoms with van der Waals surface area (Å²) < 4.78 is 10.7. The van der Waals surface area contributed by atoms with Gasteiger partial charge in [-0.25, -0.2) is 4.79 Å². The number of carbonyl (C=O) groups is 1. The average molecular weight is 234 g/mol. The summed E-state index contributed by atoms with van der Waals surface area (Å²) in [6.07, 6.45) is 0.607. The SMILES string of the molecule is CC(C(=O)O)=C(CC1CO1)Oc1ccccc1. The first-order chi connectivity index (χ1) is 8.16. The van der Waals surface area contributed by atoms with E-state index < -0.39 is 5.97 Å². The van der Waals surface area contributed by atoms with Gasteiger partial charge in [0.15, 0.2) is 0 Å². The Morgan fingerprint density at radius 2 is 2.12 bits per heavy atom. The van der Waals surface area contributed by atoms with Gasteiger partial charge in [-0.2, -0.15) is 0 Å². The van der Waals surface area contributed by atoms with E-state index >= 15 is 0 Å². The van der Waals surface area contributed by atoms with Crippen molar-refractivity contribution in [1.82, 2.24) is 0 Å². The van der Waals surface area contributed by atoms with Crippen LogP contribution in [0.15, 0.2) is 41.7 Å². The molecule has 1 heterocycles.